The van der Waals surface area contributed by atoms with Crippen LogP contribution in [-0.2, 0) is 4.74 Å². The molecule has 102 valence electrons. The molecule has 1 aromatic carbocycles. The van der Waals surface area contributed by atoms with Crippen molar-refractivity contribution in [2.45, 2.75) is 24.6 Å². The van der Waals surface area contributed by atoms with E-state index in [2.05, 4.69) is 5.32 Å². The predicted molar refractivity (Wildman–Crippen MR) is 68.5 cm³/mol. The molecule has 1 aliphatic carbocycles. The molecule has 1 aliphatic heterocycles. The maximum atomic E-state index is 12.9. The highest BCUT2D eigenvalue weighted by Gasteiger charge is 2.52. The molecule has 2 fully saturated rings. The standard InChI is InChI=1S/C13H14ClFN2O2/c14-9-5-6(15)1-2-7(9)13(18)17-11-10(16)8-3-4-19-12(8)11/h1-2,5,8,10-12H,3-4,16H2,(H,17,18). The van der Waals surface area contributed by atoms with E-state index < -0.39 is 5.82 Å². The summed E-state index contributed by atoms with van der Waals surface area (Å²) in [5.74, 6) is -0.491. The summed E-state index contributed by atoms with van der Waals surface area (Å²) in [6, 6.07) is 3.41. The van der Waals surface area contributed by atoms with Crippen molar-refractivity contribution in [3.8, 4) is 0 Å². The maximum Gasteiger partial charge on any atom is 0.253 e. The lowest BCUT2D eigenvalue weighted by molar-refractivity contribution is -0.0161. The van der Waals surface area contributed by atoms with Crippen LogP contribution in [0, 0.1) is 11.7 Å². The Hall–Kier alpha value is -1.17. The van der Waals surface area contributed by atoms with Crippen LogP contribution in [-0.4, -0.2) is 30.7 Å². The number of rotatable bonds is 2. The molecular weight excluding hydrogens is 271 g/mol. The Balaban J connectivity index is 1.71. The fourth-order valence-electron chi connectivity index (χ4n) is 2.83. The number of ether oxygens (including phenoxy) is 1. The van der Waals surface area contributed by atoms with Crippen LogP contribution in [0.15, 0.2) is 18.2 Å². The van der Waals surface area contributed by atoms with E-state index in [1.54, 1.807) is 0 Å². The van der Waals surface area contributed by atoms with E-state index in [0.717, 1.165) is 12.5 Å². The average molecular weight is 285 g/mol. The van der Waals surface area contributed by atoms with Gasteiger partial charge in [0.15, 0.2) is 0 Å². The first kappa shape index (κ1) is 12.8. The summed E-state index contributed by atoms with van der Waals surface area (Å²) in [7, 11) is 0. The molecule has 2 aliphatic rings. The first-order chi connectivity index (χ1) is 9.08. The van der Waals surface area contributed by atoms with Gasteiger partial charge in [-0.05, 0) is 24.6 Å². The van der Waals surface area contributed by atoms with Crippen molar-refractivity contribution in [2.24, 2.45) is 11.7 Å². The summed E-state index contributed by atoms with van der Waals surface area (Å²) < 4.78 is 18.5. The number of nitrogens with one attached hydrogen (secondary N) is 1. The molecule has 1 heterocycles. The number of fused-ring (bicyclic) bond motifs is 1. The van der Waals surface area contributed by atoms with E-state index in [4.69, 9.17) is 22.1 Å². The third kappa shape index (κ3) is 2.12. The van der Waals surface area contributed by atoms with Crippen LogP contribution in [0.4, 0.5) is 4.39 Å². The molecule has 1 aromatic rings. The fourth-order valence-corrected chi connectivity index (χ4v) is 3.08. The molecule has 4 unspecified atom stereocenters. The molecule has 1 saturated carbocycles. The van der Waals surface area contributed by atoms with Gasteiger partial charge in [-0.3, -0.25) is 4.79 Å². The smallest absolute Gasteiger partial charge is 0.253 e. The van der Waals surface area contributed by atoms with E-state index in [1.807, 2.05) is 0 Å². The summed E-state index contributed by atoms with van der Waals surface area (Å²) in [4.78, 5) is 12.1. The van der Waals surface area contributed by atoms with E-state index in [1.165, 1.54) is 12.1 Å². The zero-order valence-corrected chi connectivity index (χ0v) is 10.9. The van der Waals surface area contributed by atoms with Crippen molar-refractivity contribution in [1.82, 2.24) is 5.32 Å². The molecule has 6 heteroatoms. The third-order valence-corrected chi connectivity index (χ3v) is 4.23. The van der Waals surface area contributed by atoms with Gasteiger partial charge in [0.2, 0.25) is 0 Å². The molecule has 1 amide bonds. The lowest BCUT2D eigenvalue weighted by Gasteiger charge is -2.45. The highest BCUT2D eigenvalue weighted by molar-refractivity contribution is 6.33. The number of amides is 1. The lowest BCUT2D eigenvalue weighted by atomic mass is 9.72. The first-order valence-corrected chi connectivity index (χ1v) is 6.59. The molecule has 19 heavy (non-hydrogen) atoms. The van der Waals surface area contributed by atoms with E-state index >= 15 is 0 Å². The van der Waals surface area contributed by atoms with Crippen molar-refractivity contribution < 1.29 is 13.9 Å². The van der Waals surface area contributed by atoms with Gasteiger partial charge >= 0.3 is 0 Å². The van der Waals surface area contributed by atoms with Gasteiger partial charge in [0, 0.05) is 18.6 Å². The highest BCUT2D eigenvalue weighted by Crippen LogP contribution is 2.37. The van der Waals surface area contributed by atoms with E-state index in [9.17, 15) is 9.18 Å². The van der Waals surface area contributed by atoms with Crippen LogP contribution in [0.3, 0.4) is 0 Å². The second-order valence-electron chi connectivity index (χ2n) is 4.99. The van der Waals surface area contributed by atoms with Gasteiger partial charge < -0.3 is 15.8 Å². The van der Waals surface area contributed by atoms with Gasteiger partial charge in [0.05, 0.1) is 22.7 Å². The van der Waals surface area contributed by atoms with Crippen LogP contribution in [0.2, 0.25) is 5.02 Å². The molecule has 0 aromatic heterocycles. The minimum absolute atomic E-state index is 0.00169. The molecule has 4 atom stereocenters. The monoisotopic (exact) mass is 284 g/mol. The Bertz CT molecular complexity index is 525. The van der Waals surface area contributed by atoms with Crippen molar-refractivity contribution in [3.05, 3.63) is 34.6 Å². The van der Waals surface area contributed by atoms with Crippen LogP contribution >= 0.6 is 11.6 Å². The first-order valence-electron chi connectivity index (χ1n) is 6.21. The Morgan fingerprint density at radius 3 is 3.05 bits per heavy atom. The number of benzene rings is 1. The number of nitrogens with two attached hydrogens (primary N) is 1. The van der Waals surface area contributed by atoms with Crippen molar-refractivity contribution in [1.29, 1.82) is 0 Å². The van der Waals surface area contributed by atoms with Gasteiger partial charge in [0.25, 0.3) is 5.91 Å². The Kier molecular flexibility index (Phi) is 3.20. The minimum Gasteiger partial charge on any atom is -0.376 e. The predicted octanol–water partition coefficient (Wildman–Crippen LogP) is 1.32. The summed E-state index contributed by atoms with van der Waals surface area (Å²) in [5, 5.41) is 2.91. The van der Waals surface area contributed by atoms with Crippen LogP contribution in [0.5, 0.6) is 0 Å². The third-order valence-electron chi connectivity index (χ3n) is 3.92. The Labute approximate surface area is 115 Å². The number of carbonyl (C=O) groups is 1. The Morgan fingerprint density at radius 1 is 1.53 bits per heavy atom. The van der Waals surface area contributed by atoms with Gasteiger partial charge in [-0.2, -0.15) is 0 Å². The molecule has 3 N–H and O–H groups in total. The number of carbonyl (C=O) groups excluding carboxylic acids is 1. The van der Waals surface area contributed by atoms with Crippen molar-refractivity contribution in [3.63, 3.8) is 0 Å². The van der Waals surface area contributed by atoms with Crippen LogP contribution in [0.1, 0.15) is 16.8 Å². The van der Waals surface area contributed by atoms with Gasteiger partial charge in [-0.15, -0.1) is 0 Å². The van der Waals surface area contributed by atoms with Crippen LogP contribution < -0.4 is 11.1 Å². The normalized spacial score (nSPS) is 32.6. The maximum absolute atomic E-state index is 12.9. The summed E-state index contributed by atoms with van der Waals surface area (Å²) in [6.45, 7) is 0.687. The largest absolute Gasteiger partial charge is 0.376 e. The average Bonchev–Trinajstić information content (AvgIpc) is 2.80. The number of hydrogen-bond donors (Lipinski definition) is 2. The second kappa shape index (κ2) is 4.74. The Morgan fingerprint density at radius 2 is 2.32 bits per heavy atom. The summed E-state index contributed by atoms with van der Waals surface area (Å²) in [6.07, 6.45) is 0.938. The zero-order valence-electron chi connectivity index (χ0n) is 10.1. The molecule has 1 saturated heterocycles. The highest BCUT2D eigenvalue weighted by atomic mass is 35.5. The SMILES string of the molecule is NC1C2CCOC2C1NC(=O)c1ccc(F)cc1Cl. The van der Waals surface area contributed by atoms with Crippen molar-refractivity contribution >= 4 is 17.5 Å². The number of halogens is 2. The molecule has 0 radical (unpaired) electrons. The summed E-state index contributed by atoms with van der Waals surface area (Å²) >= 11 is 5.85. The summed E-state index contributed by atoms with van der Waals surface area (Å²) in [5.41, 5.74) is 6.26. The zero-order chi connectivity index (χ0) is 13.6. The molecule has 0 bridgehead atoms. The molecule has 3 rings (SSSR count). The fraction of sp³-hybridized carbons (Fsp3) is 0.462. The van der Waals surface area contributed by atoms with E-state index in [0.29, 0.717) is 12.5 Å². The second-order valence-corrected chi connectivity index (χ2v) is 5.40. The van der Waals surface area contributed by atoms with Gasteiger partial charge in [-0.25, -0.2) is 4.39 Å². The van der Waals surface area contributed by atoms with Gasteiger partial charge in [0.1, 0.15) is 5.82 Å². The topological polar surface area (TPSA) is 64.3 Å². The number of hydrogen-bond acceptors (Lipinski definition) is 3. The molecular formula is C13H14ClFN2O2. The molecule has 4 nitrogen and oxygen atoms in total. The minimum atomic E-state index is -0.471. The van der Waals surface area contributed by atoms with E-state index in [-0.39, 0.29) is 34.7 Å². The van der Waals surface area contributed by atoms with Crippen molar-refractivity contribution in [2.75, 3.05) is 6.61 Å². The molecule has 0 spiro atoms. The quantitative estimate of drug-likeness (QED) is 0.861. The van der Waals surface area contributed by atoms with Gasteiger partial charge in [-0.1, -0.05) is 11.6 Å². The van der Waals surface area contributed by atoms with Crippen LogP contribution in [0.25, 0.3) is 0 Å². The lowest BCUT2D eigenvalue weighted by Crippen LogP contribution is -2.68.